The lowest BCUT2D eigenvalue weighted by Crippen LogP contribution is -2.33. The zero-order valence-corrected chi connectivity index (χ0v) is 13.4. The van der Waals surface area contributed by atoms with Crippen LogP contribution in [0.3, 0.4) is 0 Å². The van der Waals surface area contributed by atoms with Gasteiger partial charge in [0.2, 0.25) is 0 Å². The molecule has 2 amide bonds. The Kier molecular flexibility index (Phi) is 5.20. The summed E-state index contributed by atoms with van der Waals surface area (Å²) in [5.74, 6) is -0.528. The second-order valence-electron chi connectivity index (χ2n) is 5.07. The second kappa shape index (κ2) is 7.12. The average Bonchev–Trinajstić information content (AvgIpc) is 2.54. The molecule has 1 unspecified atom stereocenters. The number of carbonyl (C=O) groups excluding carboxylic acids is 1. The molecule has 1 atom stereocenters. The highest BCUT2D eigenvalue weighted by Gasteiger charge is 2.18. The van der Waals surface area contributed by atoms with E-state index in [9.17, 15) is 9.18 Å². The van der Waals surface area contributed by atoms with Crippen molar-refractivity contribution in [1.29, 1.82) is 5.26 Å². The lowest BCUT2D eigenvalue weighted by molar-refractivity contribution is 0.208. The summed E-state index contributed by atoms with van der Waals surface area (Å²) in [6.45, 7) is 1.86. The predicted molar refractivity (Wildman–Crippen MR) is 87.8 cm³/mol. The van der Waals surface area contributed by atoms with Crippen molar-refractivity contribution < 1.29 is 9.18 Å². The number of hydrogen-bond donors (Lipinski definition) is 1. The summed E-state index contributed by atoms with van der Waals surface area (Å²) < 4.78 is 13.1. The van der Waals surface area contributed by atoms with E-state index in [-0.39, 0.29) is 17.3 Å². The van der Waals surface area contributed by atoms with E-state index >= 15 is 0 Å². The lowest BCUT2D eigenvalue weighted by Gasteiger charge is -2.26. The Morgan fingerprint density at radius 3 is 2.74 bits per heavy atom. The van der Waals surface area contributed by atoms with Gasteiger partial charge >= 0.3 is 6.03 Å². The third-order valence-electron chi connectivity index (χ3n) is 3.58. The highest BCUT2D eigenvalue weighted by molar-refractivity contribution is 6.30. The molecular formula is C17H15ClFN3O. The van der Waals surface area contributed by atoms with Gasteiger partial charge < -0.3 is 10.2 Å². The molecular weight excluding hydrogens is 317 g/mol. The molecule has 0 heterocycles. The minimum absolute atomic E-state index is 0.0714. The van der Waals surface area contributed by atoms with Gasteiger partial charge in [-0.1, -0.05) is 23.7 Å². The minimum Gasteiger partial charge on any atom is -0.321 e. The molecule has 0 aliphatic rings. The van der Waals surface area contributed by atoms with Crippen LogP contribution < -0.4 is 5.32 Å². The van der Waals surface area contributed by atoms with Gasteiger partial charge in [-0.3, -0.25) is 0 Å². The number of hydrogen-bond acceptors (Lipinski definition) is 2. The van der Waals surface area contributed by atoms with Gasteiger partial charge in [-0.15, -0.1) is 0 Å². The Bertz CT molecular complexity index is 773. The quantitative estimate of drug-likeness (QED) is 0.895. The van der Waals surface area contributed by atoms with Crippen LogP contribution in [-0.2, 0) is 0 Å². The van der Waals surface area contributed by atoms with Crippen LogP contribution in [0.1, 0.15) is 24.1 Å². The molecule has 0 aliphatic heterocycles. The monoisotopic (exact) mass is 331 g/mol. The van der Waals surface area contributed by atoms with Crippen LogP contribution in [0.15, 0.2) is 42.5 Å². The molecule has 23 heavy (non-hydrogen) atoms. The van der Waals surface area contributed by atoms with Crippen molar-refractivity contribution >= 4 is 23.3 Å². The average molecular weight is 332 g/mol. The fraction of sp³-hybridized carbons (Fsp3) is 0.176. The van der Waals surface area contributed by atoms with Crippen LogP contribution >= 0.6 is 11.6 Å². The fourth-order valence-corrected chi connectivity index (χ4v) is 2.29. The minimum atomic E-state index is -0.528. The fourth-order valence-electron chi connectivity index (χ4n) is 2.09. The maximum absolute atomic E-state index is 13.1. The zero-order chi connectivity index (χ0) is 17.0. The van der Waals surface area contributed by atoms with Gasteiger partial charge in [0, 0.05) is 12.1 Å². The van der Waals surface area contributed by atoms with Crippen molar-refractivity contribution in [3.8, 4) is 6.07 Å². The Morgan fingerprint density at radius 1 is 1.35 bits per heavy atom. The maximum atomic E-state index is 13.1. The van der Waals surface area contributed by atoms with Gasteiger partial charge in [0.15, 0.2) is 0 Å². The molecule has 0 radical (unpaired) electrons. The van der Waals surface area contributed by atoms with Gasteiger partial charge in [0.25, 0.3) is 0 Å². The van der Waals surface area contributed by atoms with Gasteiger partial charge in [0.05, 0.1) is 17.3 Å². The smallest absolute Gasteiger partial charge is 0.321 e. The van der Waals surface area contributed by atoms with E-state index in [0.717, 1.165) is 11.6 Å². The number of urea groups is 1. The first kappa shape index (κ1) is 16.8. The van der Waals surface area contributed by atoms with Crippen LogP contribution in [0.5, 0.6) is 0 Å². The molecule has 0 aliphatic carbocycles. The van der Waals surface area contributed by atoms with Gasteiger partial charge in [0.1, 0.15) is 11.9 Å². The zero-order valence-electron chi connectivity index (χ0n) is 12.7. The number of amides is 2. The largest absolute Gasteiger partial charge is 0.322 e. The lowest BCUT2D eigenvalue weighted by atomic mass is 10.1. The van der Waals surface area contributed by atoms with Crippen LogP contribution in [-0.4, -0.2) is 18.0 Å². The van der Waals surface area contributed by atoms with Crippen LogP contribution in [0.2, 0.25) is 5.02 Å². The molecule has 118 valence electrons. The standard InChI is InChI=1S/C17H15ClFN3O/c1-11(12-4-3-5-14(18)8-12)22(2)17(23)21-16-7-6-15(19)9-13(16)10-20/h3-9,11H,1-2H3,(H,21,23). The van der Waals surface area contributed by atoms with Crippen molar-refractivity contribution in [2.75, 3.05) is 12.4 Å². The molecule has 0 fully saturated rings. The van der Waals surface area contributed by atoms with E-state index in [4.69, 9.17) is 16.9 Å². The summed E-state index contributed by atoms with van der Waals surface area (Å²) in [5.41, 5.74) is 1.22. The first-order valence-electron chi connectivity index (χ1n) is 6.91. The number of nitrogens with one attached hydrogen (secondary N) is 1. The van der Waals surface area contributed by atoms with E-state index in [0.29, 0.717) is 5.02 Å². The Hall–Kier alpha value is -2.58. The molecule has 0 bridgehead atoms. The highest BCUT2D eigenvalue weighted by Crippen LogP contribution is 2.23. The number of carbonyl (C=O) groups is 1. The van der Waals surface area contributed by atoms with E-state index in [1.807, 2.05) is 25.1 Å². The van der Waals surface area contributed by atoms with E-state index in [1.165, 1.54) is 17.0 Å². The summed E-state index contributed by atoms with van der Waals surface area (Å²) in [6, 6.07) is 12.1. The number of benzene rings is 2. The van der Waals surface area contributed by atoms with Gasteiger partial charge in [-0.25, -0.2) is 9.18 Å². The second-order valence-corrected chi connectivity index (χ2v) is 5.51. The van der Waals surface area contributed by atoms with Crippen molar-refractivity contribution in [1.82, 2.24) is 4.90 Å². The molecule has 2 aromatic carbocycles. The molecule has 0 spiro atoms. The summed E-state index contributed by atoms with van der Waals surface area (Å²) in [6.07, 6.45) is 0. The third kappa shape index (κ3) is 3.99. The van der Waals surface area contributed by atoms with Crippen LogP contribution in [0.25, 0.3) is 0 Å². The summed E-state index contributed by atoms with van der Waals surface area (Å²) >= 11 is 5.97. The number of anilines is 1. The predicted octanol–water partition coefficient (Wildman–Crippen LogP) is 4.58. The molecule has 0 saturated heterocycles. The highest BCUT2D eigenvalue weighted by atomic mass is 35.5. The molecule has 1 N–H and O–H groups in total. The topological polar surface area (TPSA) is 56.1 Å². The Balaban J connectivity index is 2.16. The molecule has 0 aromatic heterocycles. The van der Waals surface area contributed by atoms with Gasteiger partial charge in [-0.05, 0) is 42.8 Å². The number of nitriles is 1. The number of halogens is 2. The molecule has 2 rings (SSSR count). The summed E-state index contributed by atoms with van der Waals surface area (Å²) in [4.78, 5) is 13.8. The summed E-state index contributed by atoms with van der Waals surface area (Å²) in [5, 5.41) is 12.2. The van der Waals surface area contributed by atoms with Crippen molar-refractivity contribution in [2.45, 2.75) is 13.0 Å². The SMILES string of the molecule is CC(c1cccc(Cl)c1)N(C)C(=O)Nc1ccc(F)cc1C#N. The van der Waals surface area contributed by atoms with Crippen LogP contribution in [0.4, 0.5) is 14.9 Å². The van der Waals surface area contributed by atoms with Crippen molar-refractivity contribution in [3.05, 3.63) is 64.4 Å². The summed E-state index contributed by atoms with van der Waals surface area (Å²) in [7, 11) is 1.64. The molecule has 0 saturated carbocycles. The van der Waals surface area contributed by atoms with E-state index < -0.39 is 11.8 Å². The first-order chi connectivity index (χ1) is 10.9. The van der Waals surface area contributed by atoms with Crippen LogP contribution in [0, 0.1) is 17.1 Å². The molecule has 4 nitrogen and oxygen atoms in total. The number of rotatable bonds is 3. The van der Waals surface area contributed by atoms with Crippen molar-refractivity contribution in [2.24, 2.45) is 0 Å². The van der Waals surface area contributed by atoms with E-state index in [2.05, 4.69) is 5.32 Å². The maximum Gasteiger partial charge on any atom is 0.322 e. The normalized spacial score (nSPS) is 11.4. The number of nitrogens with zero attached hydrogens (tertiary/aromatic N) is 2. The third-order valence-corrected chi connectivity index (χ3v) is 3.81. The van der Waals surface area contributed by atoms with Gasteiger partial charge in [-0.2, -0.15) is 5.26 Å². The molecule has 6 heteroatoms. The Morgan fingerprint density at radius 2 is 2.09 bits per heavy atom. The Labute approximate surface area is 139 Å². The first-order valence-corrected chi connectivity index (χ1v) is 7.29. The van der Waals surface area contributed by atoms with E-state index in [1.54, 1.807) is 19.2 Å². The molecule has 2 aromatic rings. The van der Waals surface area contributed by atoms with Crippen molar-refractivity contribution in [3.63, 3.8) is 0 Å².